The molecule has 0 bridgehead atoms. The first-order valence-electron chi connectivity index (χ1n) is 14.3. The van der Waals surface area contributed by atoms with E-state index in [0.717, 1.165) is 68.5 Å². The van der Waals surface area contributed by atoms with E-state index in [0.29, 0.717) is 17.9 Å². The standard InChI is InChI=1S/C31H37N5O4/c1-21-8-9-22(29(38)33-23-10-11-23)19-26(21)36-16-14-32-28(30(36)39)34-31(12-13-31)25-6-2-3-7-27(25)40-18-17-35-15-4-5-24(35)20-37/h2-3,6-9,14,16,19,23-24,37H,4-5,10-13,15,17-18,20H2,1H3,(H,32,34)(H,33,38)/t24-/m0/s1. The minimum atomic E-state index is -0.426. The van der Waals surface area contributed by atoms with Crippen molar-refractivity contribution >= 4 is 11.7 Å². The van der Waals surface area contributed by atoms with Gasteiger partial charge in [-0.25, -0.2) is 4.98 Å². The molecule has 0 unspecified atom stereocenters. The number of nitrogens with zero attached hydrogens (tertiary/aromatic N) is 3. The van der Waals surface area contributed by atoms with Crippen LogP contribution in [-0.2, 0) is 5.54 Å². The van der Waals surface area contributed by atoms with Gasteiger partial charge < -0.3 is 20.5 Å². The van der Waals surface area contributed by atoms with Gasteiger partial charge in [-0.3, -0.25) is 19.1 Å². The molecule has 40 heavy (non-hydrogen) atoms. The molecule has 1 atom stereocenters. The van der Waals surface area contributed by atoms with Crippen molar-refractivity contribution in [3.63, 3.8) is 0 Å². The number of aliphatic hydroxyl groups excluding tert-OH is 1. The lowest BCUT2D eigenvalue weighted by Gasteiger charge is -2.24. The SMILES string of the molecule is Cc1ccc(C(=O)NC2CC2)cc1-n1ccnc(NC2(c3ccccc3OCCN3CCC[C@H]3CO)CC2)c1=O. The Kier molecular flexibility index (Phi) is 7.33. The Morgan fingerprint density at radius 3 is 2.77 bits per heavy atom. The fourth-order valence-electron chi connectivity index (χ4n) is 5.66. The number of anilines is 1. The Bertz CT molecular complexity index is 1450. The van der Waals surface area contributed by atoms with Crippen LogP contribution in [0.15, 0.2) is 59.7 Å². The third kappa shape index (κ3) is 5.48. The van der Waals surface area contributed by atoms with Crippen molar-refractivity contribution in [1.29, 1.82) is 0 Å². The molecule has 9 heteroatoms. The highest BCUT2D eigenvalue weighted by Crippen LogP contribution is 2.50. The van der Waals surface area contributed by atoms with Crippen LogP contribution in [0, 0.1) is 6.92 Å². The molecule has 210 valence electrons. The summed E-state index contributed by atoms with van der Waals surface area (Å²) in [6, 6.07) is 13.9. The number of amides is 1. The summed E-state index contributed by atoms with van der Waals surface area (Å²) in [6.07, 6.45) is 9.14. The molecule has 1 aromatic heterocycles. The van der Waals surface area contributed by atoms with Crippen LogP contribution in [0.1, 0.15) is 60.0 Å². The van der Waals surface area contributed by atoms with Gasteiger partial charge in [0.05, 0.1) is 17.8 Å². The zero-order valence-electron chi connectivity index (χ0n) is 22.9. The molecule has 3 fully saturated rings. The quantitative estimate of drug-likeness (QED) is 0.340. The molecule has 1 aliphatic heterocycles. The smallest absolute Gasteiger partial charge is 0.297 e. The minimum absolute atomic E-state index is 0.116. The second kappa shape index (κ2) is 11.1. The molecule has 3 aromatic rings. The second-order valence-corrected chi connectivity index (χ2v) is 11.3. The number of aliphatic hydroxyl groups is 1. The van der Waals surface area contributed by atoms with Crippen LogP contribution in [0.4, 0.5) is 5.82 Å². The number of aryl methyl sites for hydroxylation is 1. The molecule has 1 saturated heterocycles. The van der Waals surface area contributed by atoms with E-state index >= 15 is 0 Å². The number of nitrogens with one attached hydrogen (secondary N) is 2. The molecular formula is C31H37N5O4. The first-order valence-corrected chi connectivity index (χ1v) is 14.3. The van der Waals surface area contributed by atoms with Gasteiger partial charge in [-0.2, -0.15) is 0 Å². The number of likely N-dealkylation sites (tertiary alicyclic amines) is 1. The number of para-hydroxylation sites is 1. The maximum atomic E-state index is 13.7. The van der Waals surface area contributed by atoms with E-state index in [-0.39, 0.29) is 36.0 Å². The molecule has 2 heterocycles. The zero-order valence-corrected chi connectivity index (χ0v) is 22.9. The van der Waals surface area contributed by atoms with Gasteiger partial charge in [0.15, 0.2) is 5.82 Å². The normalized spacial score (nSPS) is 19.8. The summed E-state index contributed by atoms with van der Waals surface area (Å²) < 4.78 is 7.82. The number of benzene rings is 2. The molecule has 0 radical (unpaired) electrons. The van der Waals surface area contributed by atoms with Crippen LogP contribution in [0.25, 0.3) is 5.69 Å². The van der Waals surface area contributed by atoms with Crippen LogP contribution >= 0.6 is 0 Å². The summed E-state index contributed by atoms with van der Waals surface area (Å²) in [5, 5.41) is 16.1. The molecule has 3 N–H and O–H groups in total. The van der Waals surface area contributed by atoms with Crippen LogP contribution in [0.2, 0.25) is 0 Å². The molecule has 0 spiro atoms. The van der Waals surface area contributed by atoms with E-state index in [1.165, 1.54) is 0 Å². The number of hydrogen-bond donors (Lipinski definition) is 3. The summed E-state index contributed by atoms with van der Waals surface area (Å²) in [5.74, 6) is 0.952. The van der Waals surface area contributed by atoms with Crippen molar-refractivity contribution in [3.05, 3.63) is 81.9 Å². The second-order valence-electron chi connectivity index (χ2n) is 11.3. The molecule has 3 aliphatic rings. The number of aromatic nitrogens is 2. The van der Waals surface area contributed by atoms with E-state index in [1.54, 1.807) is 29.1 Å². The molecular weight excluding hydrogens is 506 g/mol. The molecule has 6 rings (SSSR count). The monoisotopic (exact) mass is 543 g/mol. The highest BCUT2D eigenvalue weighted by Gasteiger charge is 2.47. The van der Waals surface area contributed by atoms with Crippen LogP contribution < -0.4 is 20.9 Å². The van der Waals surface area contributed by atoms with Gasteiger partial charge >= 0.3 is 0 Å². The summed E-state index contributed by atoms with van der Waals surface area (Å²) in [6.45, 7) is 4.40. The average Bonchev–Trinajstić information content (AvgIpc) is 3.89. The van der Waals surface area contributed by atoms with E-state index in [2.05, 4.69) is 26.6 Å². The maximum absolute atomic E-state index is 13.7. The number of hydrogen-bond acceptors (Lipinski definition) is 7. The lowest BCUT2D eigenvalue weighted by atomic mass is 10.0. The average molecular weight is 544 g/mol. The molecule has 1 amide bonds. The molecule has 2 aromatic carbocycles. The summed E-state index contributed by atoms with van der Waals surface area (Å²) in [7, 11) is 0. The Morgan fingerprint density at radius 2 is 2.00 bits per heavy atom. The zero-order chi connectivity index (χ0) is 27.7. The van der Waals surface area contributed by atoms with E-state index < -0.39 is 5.54 Å². The fraction of sp³-hybridized carbons (Fsp3) is 0.452. The number of ether oxygens (including phenoxy) is 1. The lowest BCUT2D eigenvalue weighted by molar-refractivity contribution is 0.0951. The van der Waals surface area contributed by atoms with Crippen LogP contribution in [-0.4, -0.2) is 63.9 Å². The van der Waals surface area contributed by atoms with Gasteiger partial charge in [0.1, 0.15) is 12.4 Å². The number of carbonyl (C=O) groups is 1. The van der Waals surface area contributed by atoms with Gasteiger partial charge in [0.25, 0.3) is 11.5 Å². The summed E-state index contributed by atoms with van der Waals surface area (Å²) in [4.78, 5) is 33.0. The van der Waals surface area contributed by atoms with Gasteiger partial charge in [-0.1, -0.05) is 24.3 Å². The topological polar surface area (TPSA) is 109 Å². The van der Waals surface area contributed by atoms with E-state index in [9.17, 15) is 14.7 Å². The summed E-state index contributed by atoms with van der Waals surface area (Å²) >= 11 is 0. The fourth-order valence-corrected chi connectivity index (χ4v) is 5.66. The molecule has 9 nitrogen and oxygen atoms in total. The highest BCUT2D eigenvalue weighted by atomic mass is 16.5. The van der Waals surface area contributed by atoms with Crippen molar-refractivity contribution in [2.45, 2.75) is 63.1 Å². The minimum Gasteiger partial charge on any atom is -0.492 e. The van der Waals surface area contributed by atoms with Crippen molar-refractivity contribution in [2.75, 3.05) is 31.6 Å². The third-order valence-electron chi connectivity index (χ3n) is 8.34. The highest BCUT2D eigenvalue weighted by molar-refractivity contribution is 5.95. The van der Waals surface area contributed by atoms with Crippen molar-refractivity contribution in [3.8, 4) is 11.4 Å². The Labute approximate surface area is 234 Å². The largest absolute Gasteiger partial charge is 0.492 e. The molecule has 2 saturated carbocycles. The Balaban J connectivity index is 1.21. The van der Waals surface area contributed by atoms with Crippen LogP contribution in [0.5, 0.6) is 5.75 Å². The van der Waals surface area contributed by atoms with E-state index in [1.807, 2.05) is 31.2 Å². The summed E-state index contributed by atoms with van der Waals surface area (Å²) in [5.41, 5.74) is 2.42. The van der Waals surface area contributed by atoms with Gasteiger partial charge in [-0.15, -0.1) is 0 Å². The van der Waals surface area contributed by atoms with Crippen LogP contribution in [0.3, 0.4) is 0 Å². The first kappa shape index (κ1) is 26.5. The maximum Gasteiger partial charge on any atom is 0.297 e. The van der Waals surface area contributed by atoms with Gasteiger partial charge in [0, 0.05) is 42.1 Å². The Morgan fingerprint density at radius 1 is 1.18 bits per heavy atom. The first-order chi connectivity index (χ1) is 19.5. The Hall–Kier alpha value is -3.69. The lowest BCUT2D eigenvalue weighted by Crippen LogP contribution is -2.35. The van der Waals surface area contributed by atoms with Gasteiger partial charge in [0.2, 0.25) is 0 Å². The third-order valence-corrected chi connectivity index (χ3v) is 8.34. The van der Waals surface area contributed by atoms with Crippen molar-refractivity contribution < 1.29 is 14.6 Å². The van der Waals surface area contributed by atoms with Crippen molar-refractivity contribution in [1.82, 2.24) is 19.8 Å². The predicted octanol–water partition coefficient (Wildman–Crippen LogP) is 3.37. The number of carbonyl (C=O) groups excluding carboxylic acids is 1. The van der Waals surface area contributed by atoms with E-state index in [4.69, 9.17) is 4.74 Å². The molecule has 2 aliphatic carbocycles. The van der Waals surface area contributed by atoms with Crippen molar-refractivity contribution in [2.24, 2.45) is 0 Å². The number of rotatable bonds is 11. The predicted molar refractivity (Wildman–Crippen MR) is 153 cm³/mol. The van der Waals surface area contributed by atoms with Gasteiger partial charge in [-0.05, 0) is 75.8 Å².